The molecule has 2 aromatic heterocycles. The summed E-state index contributed by atoms with van der Waals surface area (Å²) in [6.07, 6.45) is 0. The number of hydrogen-bond acceptors (Lipinski definition) is 8. The van der Waals surface area contributed by atoms with Crippen molar-refractivity contribution in [2.24, 2.45) is 0 Å². The van der Waals surface area contributed by atoms with E-state index in [1.807, 2.05) is 17.5 Å². The standard InChI is InChI=1S/C21H22N4O4S2/c1-14-18(31-21(22-14)25-7-9-28-10-8-25)20(27)24-23-19(26)15-4-2-5-16(12-15)29-13-17-6-3-11-30-17/h2-6,11-12H,7-10,13H2,1H3,(H,23,26)(H,24,27). The molecule has 1 aromatic carbocycles. The number of ether oxygens (including phenoxy) is 2. The van der Waals surface area contributed by atoms with Crippen molar-refractivity contribution in [1.82, 2.24) is 15.8 Å². The van der Waals surface area contributed by atoms with E-state index in [2.05, 4.69) is 20.7 Å². The fourth-order valence-corrected chi connectivity index (χ4v) is 4.63. The number of aryl methyl sites for hydroxylation is 1. The number of nitrogens with zero attached hydrogens (tertiary/aromatic N) is 2. The first-order valence-corrected chi connectivity index (χ1v) is 11.5. The van der Waals surface area contributed by atoms with Crippen LogP contribution in [-0.4, -0.2) is 43.1 Å². The highest BCUT2D eigenvalue weighted by Crippen LogP contribution is 2.26. The first kappa shape index (κ1) is 21.3. The summed E-state index contributed by atoms with van der Waals surface area (Å²) in [5.74, 6) is -0.237. The summed E-state index contributed by atoms with van der Waals surface area (Å²) >= 11 is 2.91. The molecule has 0 spiro atoms. The zero-order valence-corrected chi connectivity index (χ0v) is 18.6. The lowest BCUT2D eigenvalue weighted by atomic mass is 10.2. The fourth-order valence-electron chi connectivity index (χ4n) is 3.00. The van der Waals surface area contributed by atoms with Crippen LogP contribution in [0.2, 0.25) is 0 Å². The molecule has 0 atom stereocenters. The van der Waals surface area contributed by atoms with E-state index in [0.29, 0.717) is 41.7 Å². The van der Waals surface area contributed by atoms with Crippen LogP contribution in [0.3, 0.4) is 0 Å². The maximum absolute atomic E-state index is 12.6. The molecule has 3 aromatic rings. The first-order chi connectivity index (χ1) is 15.1. The predicted octanol–water partition coefficient (Wildman–Crippen LogP) is 3.00. The average molecular weight is 459 g/mol. The normalized spacial score (nSPS) is 13.6. The third kappa shape index (κ3) is 5.40. The van der Waals surface area contributed by atoms with E-state index >= 15 is 0 Å². The molecule has 1 saturated heterocycles. The van der Waals surface area contributed by atoms with Gasteiger partial charge >= 0.3 is 0 Å². The Balaban J connectivity index is 1.33. The Morgan fingerprint density at radius 3 is 2.74 bits per heavy atom. The van der Waals surface area contributed by atoms with Gasteiger partial charge in [-0.3, -0.25) is 20.4 Å². The van der Waals surface area contributed by atoms with Crippen molar-refractivity contribution in [3.05, 3.63) is 62.8 Å². The van der Waals surface area contributed by atoms with Gasteiger partial charge in [0, 0.05) is 23.5 Å². The number of nitrogens with one attached hydrogen (secondary N) is 2. The van der Waals surface area contributed by atoms with Crippen LogP contribution in [0.5, 0.6) is 5.75 Å². The van der Waals surface area contributed by atoms with Crippen LogP contribution < -0.4 is 20.5 Å². The number of carbonyl (C=O) groups is 2. The molecule has 10 heteroatoms. The highest BCUT2D eigenvalue weighted by atomic mass is 32.1. The molecule has 1 fully saturated rings. The summed E-state index contributed by atoms with van der Waals surface area (Å²) in [4.78, 5) is 33.2. The number of anilines is 1. The number of aromatic nitrogens is 1. The van der Waals surface area contributed by atoms with Gasteiger partial charge in [0.1, 0.15) is 17.2 Å². The molecule has 31 heavy (non-hydrogen) atoms. The zero-order chi connectivity index (χ0) is 21.6. The zero-order valence-electron chi connectivity index (χ0n) is 16.9. The second-order valence-corrected chi connectivity index (χ2v) is 8.82. The van der Waals surface area contributed by atoms with E-state index in [1.54, 1.807) is 42.5 Å². The molecular weight excluding hydrogens is 436 g/mol. The second-order valence-electron chi connectivity index (χ2n) is 6.81. The Morgan fingerprint density at radius 2 is 1.97 bits per heavy atom. The summed E-state index contributed by atoms with van der Waals surface area (Å²) in [7, 11) is 0. The van der Waals surface area contributed by atoms with Crippen LogP contribution in [0.25, 0.3) is 0 Å². The number of thiophene rings is 1. The number of carbonyl (C=O) groups excluding carboxylic acids is 2. The molecule has 2 N–H and O–H groups in total. The van der Waals surface area contributed by atoms with Gasteiger partial charge in [0.15, 0.2) is 5.13 Å². The maximum atomic E-state index is 12.6. The Kier molecular flexibility index (Phi) is 6.80. The van der Waals surface area contributed by atoms with Gasteiger partial charge in [-0.05, 0) is 36.6 Å². The second kappa shape index (κ2) is 9.90. The minimum Gasteiger partial charge on any atom is -0.488 e. The van der Waals surface area contributed by atoms with Crippen LogP contribution in [-0.2, 0) is 11.3 Å². The monoisotopic (exact) mass is 458 g/mol. The van der Waals surface area contributed by atoms with E-state index in [9.17, 15) is 9.59 Å². The summed E-state index contributed by atoms with van der Waals surface area (Å²) in [6, 6.07) is 10.8. The lowest BCUT2D eigenvalue weighted by molar-refractivity contribution is 0.0848. The molecule has 0 unspecified atom stereocenters. The van der Waals surface area contributed by atoms with Crippen molar-refractivity contribution in [3.63, 3.8) is 0 Å². The Morgan fingerprint density at radius 1 is 1.16 bits per heavy atom. The van der Waals surface area contributed by atoms with Gasteiger partial charge in [-0.1, -0.05) is 23.5 Å². The lowest BCUT2D eigenvalue weighted by Crippen LogP contribution is -2.41. The first-order valence-electron chi connectivity index (χ1n) is 9.76. The van der Waals surface area contributed by atoms with E-state index in [4.69, 9.17) is 9.47 Å². The van der Waals surface area contributed by atoms with Gasteiger partial charge in [-0.2, -0.15) is 0 Å². The summed E-state index contributed by atoms with van der Waals surface area (Å²) in [6.45, 7) is 5.01. The quantitative estimate of drug-likeness (QED) is 0.552. The number of thiazole rings is 1. The number of benzene rings is 1. The lowest BCUT2D eigenvalue weighted by Gasteiger charge is -2.25. The van der Waals surface area contributed by atoms with Crippen molar-refractivity contribution in [1.29, 1.82) is 0 Å². The SMILES string of the molecule is Cc1nc(N2CCOCC2)sc1C(=O)NNC(=O)c1cccc(OCc2cccs2)c1. The number of amides is 2. The largest absolute Gasteiger partial charge is 0.488 e. The molecule has 0 radical (unpaired) electrons. The van der Waals surface area contributed by atoms with E-state index in [-0.39, 0.29) is 0 Å². The van der Waals surface area contributed by atoms with Crippen molar-refractivity contribution < 1.29 is 19.1 Å². The van der Waals surface area contributed by atoms with Crippen molar-refractivity contribution >= 4 is 39.6 Å². The third-order valence-corrected chi connectivity index (χ3v) is 6.69. The van der Waals surface area contributed by atoms with Crippen molar-refractivity contribution in [2.45, 2.75) is 13.5 Å². The van der Waals surface area contributed by atoms with Crippen LogP contribution >= 0.6 is 22.7 Å². The molecular formula is C21H22N4O4S2. The van der Waals surface area contributed by atoms with Crippen molar-refractivity contribution in [2.75, 3.05) is 31.2 Å². The summed E-state index contributed by atoms with van der Waals surface area (Å²) < 4.78 is 11.1. The van der Waals surface area contributed by atoms with Gasteiger partial charge in [-0.25, -0.2) is 4.98 Å². The third-order valence-electron chi connectivity index (χ3n) is 4.62. The van der Waals surface area contributed by atoms with Crippen molar-refractivity contribution in [3.8, 4) is 5.75 Å². The highest BCUT2D eigenvalue weighted by Gasteiger charge is 2.21. The minimum absolute atomic E-state index is 0.388. The van der Waals surface area contributed by atoms with Gasteiger partial charge in [0.05, 0.1) is 18.9 Å². The number of rotatable bonds is 6. The van der Waals surface area contributed by atoms with Gasteiger partial charge in [0.25, 0.3) is 11.8 Å². The Bertz CT molecular complexity index is 1050. The maximum Gasteiger partial charge on any atom is 0.281 e. The Labute approximate surface area is 187 Å². The topological polar surface area (TPSA) is 92.8 Å². The fraction of sp³-hybridized carbons (Fsp3) is 0.286. The number of morpholine rings is 1. The average Bonchev–Trinajstić information content (AvgIpc) is 3.46. The smallest absolute Gasteiger partial charge is 0.281 e. The molecule has 1 aliphatic rings. The summed E-state index contributed by atoms with van der Waals surface area (Å²) in [5.41, 5.74) is 5.96. The van der Waals surface area contributed by atoms with Crippen LogP contribution in [0.15, 0.2) is 41.8 Å². The molecule has 0 bridgehead atoms. The van der Waals surface area contributed by atoms with Gasteiger partial charge in [-0.15, -0.1) is 11.3 Å². The van der Waals surface area contributed by atoms with Crippen LogP contribution in [0.4, 0.5) is 5.13 Å². The highest BCUT2D eigenvalue weighted by molar-refractivity contribution is 7.17. The molecule has 0 saturated carbocycles. The molecule has 4 rings (SSSR count). The molecule has 8 nitrogen and oxygen atoms in total. The van der Waals surface area contributed by atoms with Gasteiger partial charge < -0.3 is 14.4 Å². The molecule has 1 aliphatic heterocycles. The molecule has 0 aliphatic carbocycles. The summed E-state index contributed by atoms with van der Waals surface area (Å²) in [5, 5.41) is 2.77. The van der Waals surface area contributed by atoms with Gasteiger partial charge in [0.2, 0.25) is 0 Å². The molecule has 3 heterocycles. The minimum atomic E-state index is -0.425. The van der Waals surface area contributed by atoms with E-state index in [1.165, 1.54) is 11.3 Å². The van der Waals surface area contributed by atoms with E-state index in [0.717, 1.165) is 23.1 Å². The molecule has 2 amide bonds. The number of hydrazine groups is 1. The predicted molar refractivity (Wildman–Crippen MR) is 120 cm³/mol. The van der Waals surface area contributed by atoms with Crippen LogP contribution in [0.1, 0.15) is 30.6 Å². The number of hydrogen-bond donors (Lipinski definition) is 2. The Hall–Kier alpha value is -2.95. The van der Waals surface area contributed by atoms with E-state index < -0.39 is 11.8 Å². The molecule has 162 valence electrons. The van der Waals surface area contributed by atoms with Crippen LogP contribution in [0, 0.1) is 6.92 Å².